The maximum atomic E-state index is 12.3. The molecule has 5 N–H and O–H groups in total. The quantitative estimate of drug-likeness (QED) is 0.403. The minimum atomic E-state index is -0.0478. The van der Waals surface area contributed by atoms with Crippen molar-refractivity contribution in [3.05, 3.63) is 46.6 Å². The zero-order chi connectivity index (χ0) is 12.0. The van der Waals surface area contributed by atoms with Gasteiger partial charge < -0.3 is 16.5 Å². The standard InChI is InChI=1S/C13H11N3O/c14-7-1-3-11-9(5-7)13(17)10-6-8(15)2-4-12(10)16-11/h1-6H,14-15H2,(H,16,17). The Labute approximate surface area is 96.9 Å². The van der Waals surface area contributed by atoms with Crippen molar-refractivity contribution in [2.75, 3.05) is 11.5 Å². The van der Waals surface area contributed by atoms with E-state index in [1.54, 1.807) is 24.3 Å². The van der Waals surface area contributed by atoms with Crippen LogP contribution in [0.15, 0.2) is 41.2 Å². The Morgan fingerprint density at radius 3 is 1.76 bits per heavy atom. The minimum absolute atomic E-state index is 0.0478. The summed E-state index contributed by atoms with van der Waals surface area (Å²) in [5.74, 6) is 0. The van der Waals surface area contributed by atoms with Crippen molar-refractivity contribution >= 4 is 33.2 Å². The number of aromatic nitrogens is 1. The van der Waals surface area contributed by atoms with E-state index in [4.69, 9.17) is 11.5 Å². The van der Waals surface area contributed by atoms with Gasteiger partial charge in [-0.1, -0.05) is 0 Å². The Hall–Kier alpha value is -2.49. The topological polar surface area (TPSA) is 84.9 Å². The highest BCUT2D eigenvalue weighted by Crippen LogP contribution is 2.18. The van der Waals surface area contributed by atoms with E-state index in [-0.39, 0.29) is 5.43 Å². The number of fused-ring (bicyclic) bond motifs is 2. The summed E-state index contributed by atoms with van der Waals surface area (Å²) in [6.07, 6.45) is 0. The normalized spacial score (nSPS) is 11.1. The van der Waals surface area contributed by atoms with Crippen molar-refractivity contribution in [2.45, 2.75) is 0 Å². The van der Waals surface area contributed by atoms with Crippen molar-refractivity contribution in [3.63, 3.8) is 0 Å². The fourth-order valence-electron chi connectivity index (χ4n) is 2.01. The molecule has 0 unspecified atom stereocenters. The molecule has 0 aliphatic carbocycles. The molecular formula is C13H11N3O. The second-order valence-corrected chi connectivity index (χ2v) is 4.06. The molecule has 0 aliphatic rings. The number of hydrogen-bond donors (Lipinski definition) is 3. The van der Waals surface area contributed by atoms with Crippen molar-refractivity contribution in [2.24, 2.45) is 0 Å². The lowest BCUT2D eigenvalue weighted by Gasteiger charge is -2.04. The van der Waals surface area contributed by atoms with Crippen molar-refractivity contribution in [3.8, 4) is 0 Å². The number of pyridine rings is 1. The van der Waals surface area contributed by atoms with E-state index in [0.29, 0.717) is 22.1 Å². The summed E-state index contributed by atoms with van der Waals surface area (Å²) in [6.45, 7) is 0. The van der Waals surface area contributed by atoms with Crippen molar-refractivity contribution in [1.82, 2.24) is 4.98 Å². The smallest absolute Gasteiger partial charge is 0.197 e. The molecule has 1 aromatic heterocycles. The summed E-state index contributed by atoms with van der Waals surface area (Å²) in [6, 6.07) is 10.5. The molecule has 84 valence electrons. The Bertz CT molecular complexity index is 727. The molecule has 4 heteroatoms. The van der Waals surface area contributed by atoms with Gasteiger partial charge in [0.2, 0.25) is 0 Å². The van der Waals surface area contributed by atoms with E-state index in [0.717, 1.165) is 11.0 Å². The minimum Gasteiger partial charge on any atom is -0.399 e. The average Bonchev–Trinajstić information content (AvgIpc) is 2.32. The molecule has 17 heavy (non-hydrogen) atoms. The largest absolute Gasteiger partial charge is 0.399 e. The molecule has 0 radical (unpaired) electrons. The van der Waals surface area contributed by atoms with Crippen molar-refractivity contribution in [1.29, 1.82) is 0 Å². The van der Waals surface area contributed by atoms with Crippen LogP contribution in [0.25, 0.3) is 21.8 Å². The molecule has 0 fully saturated rings. The number of H-pyrrole nitrogens is 1. The third-order valence-corrected chi connectivity index (χ3v) is 2.85. The van der Waals surface area contributed by atoms with E-state index < -0.39 is 0 Å². The van der Waals surface area contributed by atoms with Gasteiger partial charge in [-0.25, -0.2) is 0 Å². The zero-order valence-corrected chi connectivity index (χ0v) is 9.03. The molecule has 2 aromatic carbocycles. The number of nitrogens with two attached hydrogens (primary N) is 2. The number of hydrogen-bond acceptors (Lipinski definition) is 3. The van der Waals surface area contributed by atoms with E-state index >= 15 is 0 Å². The zero-order valence-electron chi connectivity index (χ0n) is 9.03. The molecule has 0 bridgehead atoms. The van der Waals surface area contributed by atoms with Gasteiger partial charge in [0.1, 0.15) is 0 Å². The predicted molar refractivity (Wildman–Crippen MR) is 70.9 cm³/mol. The molecule has 0 saturated heterocycles. The molecule has 0 atom stereocenters. The van der Waals surface area contributed by atoms with Crippen LogP contribution < -0.4 is 16.9 Å². The van der Waals surface area contributed by atoms with Crippen LogP contribution in [0.2, 0.25) is 0 Å². The summed E-state index contributed by atoms with van der Waals surface area (Å²) in [5, 5.41) is 1.17. The van der Waals surface area contributed by atoms with Gasteiger partial charge in [-0.2, -0.15) is 0 Å². The van der Waals surface area contributed by atoms with Gasteiger partial charge in [0.25, 0.3) is 0 Å². The van der Waals surface area contributed by atoms with Crippen LogP contribution in [0.1, 0.15) is 0 Å². The van der Waals surface area contributed by atoms with Gasteiger partial charge in [-0.3, -0.25) is 4.79 Å². The number of benzene rings is 2. The third kappa shape index (κ3) is 1.42. The van der Waals surface area contributed by atoms with E-state index in [1.807, 2.05) is 12.1 Å². The van der Waals surface area contributed by atoms with Crippen LogP contribution in [-0.2, 0) is 0 Å². The maximum Gasteiger partial charge on any atom is 0.197 e. The van der Waals surface area contributed by atoms with E-state index in [9.17, 15) is 4.79 Å². The highest BCUT2D eigenvalue weighted by atomic mass is 16.1. The molecule has 0 saturated carbocycles. The third-order valence-electron chi connectivity index (χ3n) is 2.85. The average molecular weight is 225 g/mol. The lowest BCUT2D eigenvalue weighted by atomic mass is 10.1. The number of rotatable bonds is 0. The lowest BCUT2D eigenvalue weighted by molar-refractivity contribution is 1.48. The summed E-state index contributed by atoms with van der Waals surface area (Å²) in [7, 11) is 0. The van der Waals surface area contributed by atoms with Crippen LogP contribution in [-0.4, -0.2) is 4.98 Å². The second-order valence-electron chi connectivity index (χ2n) is 4.06. The summed E-state index contributed by atoms with van der Waals surface area (Å²) in [4.78, 5) is 15.5. The molecule has 0 aliphatic heterocycles. The van der Waals surface area contributed by atoms with Gasteiger partial charge in [-0.15, -0.1) is 0 Å². The van der Waals surface area contributed by atoms with Gasteiger partial charge >= 0.3 is 0 Å². The summed E-state index contributed by atoms with van der Waals surface area (Å²) in [5.41, 5.74) is 14.0. The van der Waals surface area contributed by atoms with Crippen LogP contribution in [0, 0.1) is 0 Å². The van der Waals surface area contributed by atoms with Gasteiger partial charge in [-0.05, 0) is 36.4 Å². The molecule has 0 spiro atoms. The van der Waals surface area contributed by atoms with Crippen LogP contribution in [0.4, 0.5) is 11.4 Å². The number of anilines is 2. The molecule has 4 nitrogen and oxygen atoms in total. The summed E-state index contributed by atoms with van der Waals surface area (Å²) < 4.78 is 0. The fraction of sp³-hybridized carbons (Fsp3) is 0. The van der Waals surface area contributed by atoms with Crippen LogP contribution >= 0.6 is 0 Å². The molecule has 0 amide bonds. The second kappa shape index (κ2) is 3.25. The molecule has 3 rings (SSSR count). The van der Waals surface area contributed by atoms with Gasteiger partial charge in [0, 0.05) is 33.2 Å². The van der Waals surface area contributed by atoms with E-state index in [1.165, 1.54) is 0 Å². The lowest BCUT2D eigenvalue weighted by Crippen LogP contribution is -2.05. The Morgan fingerprint density at radius 1 is 0.824 bits per heavy atom. The van der Waals surface area contributed by atoms with Gasteiger partial charge in [0.15, 0.2) is 5.43 Å². The number of nitrogen functional groups attached to an aromatic ring is 2. The Morgan fingerprint density at radius 2 is 1.29 bits per heavy atom. The van der Waals surface area contributed by atoms with Crippen LogP contribution in [0.5, 0.6) is 0 Å². The van der Waals surface area contributed by atoms with Crippen LogP contribution in [0.3, 0.4) is 0 Å². The first kappa shape index (κ1) is 9.72. The van der Waals surface area contributed by atoms with Crippen molar-refractivity contribution < 1.29 is 0 Å². The number of aromatic amines is 1. The van der Waals surface area contributed by atoms with Gasteiger partial charge in [0.05, 0.1) is 0 Å². The first-order chi connectivity index (χ1) is 8.15. The number of nitrogens with one attached hydrogen (secondary N) is 1. The fourth-order valence-corrected chi connectivity index (χ4v) is 2.01. The highest BCUT2D eigenvalue weighted by Gasteiger charge is 2.05. The first-order valence-corrected chi connectivity index (χ1v) is 5.26. The first-order valence-electron chi connectivity index (χ1n) is 5.26. The molecule has 1 heterocycles. The Balaban J connectivity index is 2.58. The predicted octanol–water partition coefficient (Wildman–Crippen LogP) is 1.85. The maximum absolute atomic E-state index is 12.3. The molecule has 3 aromatic rings. The highest BCUT2D eigenvalue weighted by molar-refractivity contribution is 5.94. The van der Waals surface area contributed by atoms with E-state index in [2.05, 4.69) is 4.98 Å². The summed E-state index contributed by atoms with van der Waals surface area (Å²) >= 11 is 0. The Kier molecular flexibility index (Phi) is 1.86. The monoisotopic (exact) mass is 225 g/mol. The SMILES string of the molecule is Nc1ccc2[nH]c3ccc(N)cc3c(=O)c2c1. The molecular weight excluding hydrogens is 214 g/mol.